The summed E-state index contributed by atoms with van der Waals surface area (Å²) in [6.07, 6.45) is -8.06. The average Bonchev–Trinajstić information content (AvgIpc) is 3.15. The first-order valence-electron chi connectivity index (χ1n) is 10.6. The first-order valence-corrected chi connectivity index (χ1v) is 10.6. The van der Waals surface area contributed by atoms with Gasteiger partial charge in [-0.2, -0.15) is 0 Å². The maximum atomic E-state index is 12.2. The molecule has 0 saturated carbocycles. The minimum atomic E-state index is -1.61. The first-order chi connectivity index (χ1) is 15.9. The predicted octanol–water partition coefficient (Wildman–Crippen LogP) is -0.559. The van der Waals surface area contributed by atoms with Crippen molar-refractivity contribution in [3.05, 3.63) is 59.7 Å². The quantitative estimate of drug-likeness (QED) is 0.336. The van der Waals surface area contributed by atoms with Crippen LogP contribution in [0, 0.1) is 0 Å². The maximum Gasteiger partial charge on any atom is 0.407 e. The summed E-state index contributed by atoms with van der Waals surface area (Å²) in [5.74, 6) is -0.834. The molecule has 176 valence electrons. The SMILES string of the molecule is O=C(CNC(=O)OCC1c2ccccc2-c2ccccc21)N[C@@H]1OC(CO)[C@H](O)C(O)C1O. The average molecular weight is 458 g/mol. The van der Waals surface area contributed by atoms with Gasteiger partial charge >= 0.3 is 6.09 Å². The summed E-state index contributed by atoms with van der Waals surface area (Å²) in [6.45, 7) is -0.991. The molecule has 4 rings (SSSR count). The van der Waals surface area contributed by atoms with Gasteiger partial charge in [-0.3, -0.25) is 4.79 Å². The van der Waals surface area contributed by atoms with Gasteiger partial charge in [-0.05, 0) is 22.3 Å². The number of fused-ring (bicyclic) bond motifs is 3. The molecule has 1 heterocycles. The van der Waals surface area contributed by atoms with Crippen molar-refractivity contribution in [3.63, 3.8) is 0 Å². The number of ether oxygens (including phenoxy) is 2. The zero-order chi connectivity index (χ0) is 23.5. The number of alkyl carbamates (subject to hydrolysis) is 1. The van der Waals surface area contributed by atoms with Gasteiger partial charge in [-0.15, -0.1) is 0 Å². The summed E-state index contributed by atoms with van der Waals surface area (Å²) in [5.41, 5.74) is 4.32. The van der Waals surface area contributed by atoms with Crippen LogP contribution >= 0.6 is 0 Å². The first kappa shape index (κ1) is 23.1. The standard InChI is InChI=1S/C23H26N2O8/c26-10-17-19(28)20(29)21(30)22(33-17)25-18(27)9-24-23(31)32-11-16-14-7-3-1-5-12(14)13-6-2-4-8-15(13)16/h1-8,16-17,19-22,26,28-30H,9-11H2,(H,24,31)(H,25,27)/t17?,19-,20?,21?,22+/m0/s1. The molecule has 1 saturated heterocycles. The van der Waals surface area contributed by atoms with E-state index in [0.29, 0.717) is 0 Å². The Labute approximate surface area is 189 Å². The van der Waals surface area contributed by atoms with E-state index in [2.05, 4.69) is 10.6 Å². The third kappa shape index (κ3) is 4.70. The molecule has 1 aliphatic carbocycles. The minimum Gasteiger partial charge on any atom is -0.449 e. The van der Waals surface area contributed by atoms with E-state index in [1.54, 1.807) is 0 Å². The zero-order valence-corrected chi connectivity index (χ0v) is 17.6. The van der Waals surface area contributed by atoms with Crippen LogP contribution in [0.4, 0.5) is 4.79 Å². The molecule has 1 aliphatic heterocycles. The number of hydrogen-bond acceptors (Lipinski definition) is 8. The second-order valence-electron chi connectivity index (χ2n) is 8.00. The fraction of sp³-hybridized carbons (Fsp3) is 0.391. The Bertz CT molecular complexity index is 968. The predicted molar refractivity (Wildman–Crippen MR) is 115 cm³/mol. The Morgan fingerprint density at radius 1 is 0.909 bits per heavy atom. The fourth-order valence-corrected chi connectivity index (χ4v) is 4.23. The van der Waals surface area contributed by atoms with Gasteiger partial charge in [-0.1, -0.05) is 48.5 Å². The van der Waals surface area contributed by atoms with Crippen molar-refractivity contribution < 1.29 is 39.5 Å². The van der Waals surface area contributed by atoms with Crippen molar-refractivity contribution in [1.29, 1.82) is 0 Å². The molecule has 0 aromatic heterocycles. The number of carbonyl (C=O) groups is 2. The van der Waals surface area contributed by atoms with Gasteiger partial charge in [0.25, 0.3) is 0 Å². The van der Waals surface area contributed by atoms with E-state index >= 15 is 0 Å². The van der Waals surface area contributed by atoms with Gasteiger partial charge in [-0.25, -0.2) is 4.79 Å². The summed E-state index contributed by atoms with van der Waals surface area (Å²) in [5, 5.41) is 43.4. The molecule has 2 amide bonds. The van der Waals surface area contributed by atoms with Crippen molar-refractivity contribution in [1.82, 2.24) is 10.6 Å². The highest BCUT2D eigenvalue weighted by atomic mass is 16.6. The van der Waals surface area contributed by atoms with Crippen molar-refractivity contribution in [2.45, 2.75) is 36.6 Å². The third-order valence-electron chi connectivity index (χ3n) is 5.93. The summed E-state index contributed by atoms with van der Waals surface area (Å²) in [6, 6.07) is 15.8. The smallest absolute Gasteiger partial charge is 0.407 e. The van der Waals surface area contributed by atoms with Crippen molar-refractivity contribution in [2.75, 3.05) is 19.8 Å². The Morgan fingerprint density at radius 3 is 2.12 bits per heavy atom. The lowest BCUT2D eigenvalue weighted by Gasteiger charge is -2.40. The largest absolute Gasteiger partial charge is 0.449 e. The molecule has 1 fully saturated rings. The number of benzene rings is 2. The van der Waals surface area contributed by atoms with E-state index in [0.717, 1.165) is 22.3 Å². The number of amides is 2. The van der Waals surface area contributed by atoms with Crippen molar-refractivity contribution >= 4 is 12.0 Å². The Kier molecular flexibility index (Phi) is 6.91. The third-order valence-corrected chi connectivity index (χ3v) is 5.93. The van der Waals surface area contributed by atoms with Crippen LogP contribution in [0.15, 0.2) is 48.5 Å². The van der Waals surface area contributed by atoms with E-state index in [-0.39, 0.29) is 12.5 Å². The lowest BCUT2D eigenvalue weighted by atomic mass is 9.98. The Balaban J connectivity index is 1.28. The van der Waals surface area contributed by atoms with Gasteiger partial charge in [0.15, 0.2) is 6.23 Å². The summed E-state index contributed by atoms with van der Waals surface area (Å²) >= 11 is 0. The monoisotopic (exact) mass is 458 g/mol. The highest BCUT2D eigenvalue weighted by Gasteiger charge is 2.44. The second-order valence-corrected chi connectivity index (χ2v) is 8.00. The number of aliphatic hydroxyl groups excluding tert-OH is 4. The Morgan fingerprint density at radius 2 is 1.52 bits per heavy atom. The van der Waals surface area contributed by atoms with E-state index in [1.165, 1.54) is 0 Å². The molecule has 3 unspecified atom stereocenters. The number of aliphatic hydroxyl groups is 4. The maximum absolute atomic E-state index is 12.2. The molecule has 0 spiro atoms. The van der Waals surface area contributed by atoms with E-state index < -0.39 is 55.8 Å². The van der Waals surface area contributed by atoms with Crippen LogP contribution < -0.4 is 10.6 Å². The van der Waals surface area contributed by atoms with Gasteiger partial charge < -0.3 is 40.5 Å². The summed E-state index contributed by atoms with van der Waals surface area (Å²) in [7, 11) is 0. The molecule has 2 aliphatic rings. The number of nitrogens with one attached hydrogen (secondary N) is 2. The van der Waals surface area contributed by atoms with Gasteiger partial charge in [0.1, 0.15) is 37.6 Å². The van der Waals surface area contributed by atoms with Crippen LogP contribution in [-0.2, 0) is 14.3 Å². The molecule has 0 bridgehead atoms. The van der Waals surface area contributed by atoms with Crippen LogP contribution in [0.2, 0.25) is 0 Å². The normalized spacial score (nSPS) is 26.2. The lowest BCUT2D eigenvalue weighted by Crippen LogP contribution is -2.63. The molecule has 2 aromatic rings. The lowest BCUT2D eigenvalue weighted by molar-refractivity contribution is -0.235. The number of rotatable bonds is 6. The molecule has 10 heteroatoms. The molecule has 2 aromatic carbocycles. The second kappa shape index (κ2) is 9.86. The molecule has 0 radical (unpaired) electrons. The molecule has 33 heavy (non-hydrogen) atoms. The molecule has 10 nitrogen and oxygen atoms in total. The van der Waals surface area contributed by atoms with Crippen LogP contribution in [0.25, 0.3) is 11.1 Å². The molecular formula is C23H26N2O8. The highest BCUT2D eigenvalue weighted by molar-refractivity contribution is 5.82. The van der Waals surface area contributed by atoms with Gasteiger partial charge in [0.2, 0.25) is 5.91 Å². The van der Waals surface area contributed by atoms with E-state index in [4.69, 9.17) is 9.47 Å². The zero-order valence-electron chi connectivity index (χ0n) is 17.6. The van der Waals surface area contributed by atoms with E-state index in [1.807, 2.05) is 48.5 Å². The van der Waals surface area contributed by atoms with Crippen LogP contribution in [-0.4, -0.2) is 82.8 Å². The molecule has 6 N–H and O–H groups in total. The van der Waals surface area contributed by atoms with Gasteiger partial charge in [0.05, 0.1) is 6.61 Å². The van der Waals surface area contributed by atoms with Crippen molar-refractivity contribution in [2.24, 2.45) is 0 Å². The topological polar surface area (TPSA) is 158 Å². The highest BCUT2D eigenvalue weighted by Crippen LogP contribution is 2.44. The molecular weight excluding hydrogens is 432 g/mol. The van der Waals surface area contributed by atoms with Crippen LogP contribution in [0.5, 0.6) is 0 Å². The van der Waals surface area contributed by atoms with Gasteiger partial charge in [0, 0.05) is 5.92 Å². The fourth-order valence-electron chi connectivity index (χ4n) is 4.23. The number of hydrogen-bond donors (Lipinski definition) is 6. The molecule has 5 atom stereocenters. The van der Waals surface area contributed by atoms with Crippen molar-refractivity contribution in [3.8, 4) is 11.1 Å². The van der Waals surface area contributed by atoms with E-state index in [9.17, 15) is 30.0 Å². The van der Waals surface area contributed by atoms with Crippen LogP contribution in [0.1, 0.15) is 17.0 Å². The summed E-state index contributed by atoms with van der Waals surface area (Å²) in [4.78, 5) is 24.3. The summed E-state index contributed by atoms with van der Waals surface area (Å²) < 4.78 is 10.6. The van der Waals surface area contributed by atoms with Crippen LogP contribution in [0.3, 0.4) is 0 Å². The Hall–Kier alpha value is -3.02. The number of carbonyl (C=O) groups excluding carboxylic acids is 2. The minimum absolute atomic E-state index is 0.0915.